The van der Waals surface area contributed by atoms with Crippen molar-refractivity contribution in [3.05, 3.63) is 110 Å². The lowest BCUT2D eigenvalue weighted by Gasteiger charge is -2.05. The van der Waals surface area contributed by atoms with Gasteiger partial charge in [0, 0.05) is 47.7 Å². The van der Waals surface area contributed by atoms with Gasteiger partial charge in [-0.3, -0.25) is 20.2 Å². The van der Waals surface area contributed by atoms with Crippen LogP contribution in [0.15, 0.2) is 73.1 Å². The van der Waals surface area contributed by atoms with Crippen molar-refractivity contribution in [2.45, 2.75) is 0 Å². The quantitative estimate of drug-likeness (QED) is 0.203. The van der Waals surface area contributed by atoms with Crippen molar-refractivity contribution >= 4 is 47.0 Å². The molecule has 2 aromatic heterocycles. The highest BCUT2D eigenvalue weighted by Crippen LogP contribution is 2.27. The Kier molecular flexibility index (Phi) is 12.0. The van der Waals surface area contributed by atoms with Gasteiger partial charge in [0.05, 0.1) is 9.85 Å². The molecule has 0 radical (unpaired) electrons. The first-order valence-corrected chi connectivity index (χ1v) is 10.2. The summed E-state index contributed by atoms with van der Waals surface area (Å²) in [5.41, 5.74) is 9.48. The number of anilines is 2. The number of nitrogen functional groups attached to an aromatic ring is 2. The van der Waals surface area contributed by atoms with Crippen molar-refractivity contribution in [3.8, 4) is 17.2 Å². The maximum atomic E-state index is 13.3. The van der Waals surface area contributed by atoms with Crippen molar-refractivity contribution in [2.24, 2.45) is 0 Å². The van der Waals surface area contributed by atoms with E-state index in [-0.39, 0.29) is 29.7 Å². The number of pyridine rings is 2. The van der Waals surface area contributed by atoms with Crippen LogP contribution in [0, 0.1) is 31.9 Å². The minimum atomic E-state index is -1.03. The van der Waals surface area contributed by atoms with Crippen molar-refractivity contribution in [3.63, 3.8) is 0 Å². The van der Waals surface area contributed by atoms with Crippen LogP contribution in [0.4, 0.5) is 31.8 Å². The molecule has 0 amide bonds. The molecule has 0 bridgehead atoms. The van der Waals surface area contributed by atoms with Crippen LogP contribution in [0.25, 0.3) is 0 Å². The molecule has 0 unspecified atom stereocenters. The van der Waals surface area contributed by atoms with Crippen LogP contribution in [-0.2, 0) is 0 Å². The minimum Gasteiger partial charge on any atom is -0.508 e. The third kappa shape index (κ3) is 10.0. The fourth-order valence-corrected chi connectivity index (χ4v) is 2.56. The van der Waals surface area contributed by atoms with Crippen LogP contribution in [0.1, 0.15) is 0 Å². The molecular weight excluding hydrogens is 553 g/mol. The normalized spacial score (nSPS) is 9.45. The molecular formula is C22H18Cl2F2N6O6. The average Bonchev–Trinajstić information content (AvgIpc) is 2.79. The van der Waals surface area contributed by atoms with E-state index in [0.717, 1.165) is 24.3 Å². The van der Waals surface area contributed by atoms with Crippen LogP contribution >= 0.6 is 24.0 Å². The second kappa shape index (κ2) is 14.7. The van der Waals surface area contributed by atoms with Gasteiger partial charge in [-0.1, -0.05) is 11.6 Å². The number of nitro benzene ring substituents is 2. The first-order valence-electron chi connectivity index (χ1n) is 9.79. The summed E-state index contributed by atoms with van der Waals surface area (Å²) in [4.78, 5) is 26.3. The number of hydrogen-bond donors (Lipinski definition) is 3. The molecule has 38 heavy (non-hydrogen) atoms. The van der Waals surface area contributed by atoms with E-state index in [0.29, 0.717) is 22.7 Å². The lowest BCUT2D eigenvalue weighted by atomic mass is 10.3. The average molecular weight is 571 g/mol. The van der Waals surface area contributed by atoms with Gasteiger partial charge in [0.1, 0.15) is 28.9 Å². The van der Waals surface area contributed by atoms with Crippen LogP contribution in [0.3, 0.4) is 0 Å². The van der Waals surface area contributed by atoms with Gasteiger partial charge in [-0.2, -0.15) is 8.78 Å². The molecule has 2 heterocycles. The predicted octanol–water partition coefficient (Wildman–Crippen LogP) is 5.68. The van der Waals surface area contributed by atoms with E-state index in [1.54, 1.807) is 18.3 Å². The van der Waals surface area contributed by atoms with Gasteiger partial charge in [-0.25, -0.2) is 9.97 Å². The molecule has 4 aromatic rings. The maximum Gasteiger partial charge on any atom is 0.305 e. The van der Waals surface area contributed by atoms with Crippen LogP contribution in [0.2, 0.25) is 5.02 Å². The number of nitrogens with zero attached hydrogens (tertiary/aromatic N) is 4. The monoisotopic (exact) mass is 570 g/mol. The molecule has 200 valence electrons. The number of nitrogens with two attached hydrogens (primary N) is 2. The molecule has 5 N–H and O–H groups in total. The summed E-state index contributed by atoms with van der Waals surface area (Å²) >= 11 is 5.52. The Morgan fingerprint density at radius 1 is 0.789 bits per heavy atom. The second-order valence-electron chi connectivity index (χ2n) is 6.68. The Hall–Kier alpha value is -4.82. The van der Waals surface area contributed by atoms with Gasteiger partial charge in [-0.05, 0) is 30.3 Å². The molecule has 0 saturated carbocycles. The largest absolute Gasteiger partial charge is 0.508 e. The highest BCUT2D eigenvalue weighted by molar-refractivity contribution is 6.30. The molecule has 0 fully saturated rings. The number of phenolic OH excluding ortho intramolecular Hbond substituents is 1. The van der Waals surface area contributed by atoms with Gasteiger partial charge in [-0.15, -0.1) is 12.4 Å². The molecule has 0 atom stereocenters. The van der Waals surface area contributed by atoms with Gasteiger partial charge in [0.25, 0.3) is 0 Å². The third-order valence-electron chi connectivity index (χ3n) is 3.98. The predicted molar refractivity (Wildman–Crippen MR) is 137 cm³/mol. The molecule has 2 aromatic carbocycles. The maximum absolute atomic E-state index is 13.3. The molecule has 0 aliphatic rings. The first kappa shape index (κ1) is 31.2. The number of hydrogen-bond acceptors (Lipinski definition) is 10. The number of rotatable bonds is 4. The number of nitro groups is 2. The van der Waals surface area contributed by atoms with Crippen LogP contribution < -0.4 is 16.2 Å². The summed E-state index contributed by atoms with van der Waals surface area (Å²) in [7, 11) is 0. The van der Waals surface area contributed by atoms with Gasteiger partial charge < -0.3 is 21.3 Å². The van der Waals surface area contributed by atoms with Crippen molar-refractivity contribution in [1.82, 2.24) is 9.97 Å². The molecule has 0 saturated heterocycles. The topological polar surface area (TPSA) is 194 Å². The number of ether oxygens (including phenoxy) is 1. The molecule has 4 rings (SSSR count). The van der Waals surface area contributed by atoms with Gasteiger partial charge in [0.2, 0.25) is 11.6 Å². The molecule has 0 aliphatic carbocycles. The van der Waals surface area contributed by atoms with Crippen molar-refractivity contribution in [1.29, 1.82) is 0 Å². The number of halogens is 4. The zero-order valence-electron chi connectivity index (χ0n) is 18.9. The smallest absolute Gasteiger partial charge is 0.305 e. The summed E-state index contributed by atoms with van der Waals surface area (Å²) < 4.78 is 31.1. The summed E-state index contributed by atoms with van der Waals surface area (Å²) in [5, 5.41) is 29.7. The van der Waals surface area contributed by atoms with Gasteiger partial charge >= 0.3 is 11.4 Å². The Morgan fingerprint density at radius 3 is 1.74 bits per heavy atom. The molecule has 0 spiro atoms. The highest BCUT2D eigenvalue weighted by Gasteiger charge is 2.15. The Bertz CT molecular complexity index is 1400. The van der Waals surface area contributed by atoms with E-state index in [2.05, 4.69) is 9.97 Å². The van der Waals surface area contributed by atoms with E-state index in [9.17, 15) is 29.0 Å². The molecule has 0 aliphatic heterocycles. The summed E-state index contributed by atoms with van der Waals surface area (Å²) in [6, 6.07) is 12.2. The fourth-order valence-electron chi connectivity index (χ4n) is 2.39. The number of benzene rings is 2. The fraction of sp³-hybridized carbons (Fsp3) is 0. The summed E-state index contributed by atoms with van der Waals surface area (Å²) in [5.74, 6) is -1.09. The molecule has 16 heteroatoms. The van der Waals surface area contributed by atoms with Crippen LogP contribution in [-0.4, -0.2) is 24.9 Å². The minimum absolute atomic E-state index is 0. The standard InChI is InChI=1S/C11H8FN3O3.C6H4FNO3.C5H5ClN2.ClH/c12-9-5-7(1-2-10(9)15(16)17)18-8-3-4-14-11(13)6-8;7-5-3-4(9)1-2-6(5)8(10)11;6-4-1-2-8-5(7)3-4;/h1-6H,(H2,13,14);1-3,9H;1-3H,(H2,7,8);1H. The second-order valence-corrected chi connectivity index (χ2v) is 7.12. The van der Waals surface area contributed by atoms with Gasteiger partial charge in [0.15, 0.2) is 0 Å². The van der Waals surface area contributed by atoms with E-state index in [1.165, 1.54) is 24.4 Å². The lowest BCUT2D eigenvalue weighted by Crippen LogP contribution is -1.94. The highest BCUT2D eigenvalue weighted by atomic mass is 35.5. The van der Waals surface area contributed by atoms with E-state index in [1.807, 2.05) is 0 Å². The third-order valence-corrected chi connectivity index (χ3v) is 4.21. The Labute approximate surface area is 224 Å². The number of aromatic nitrogens is 2. The SMILES string of the molecule is Cl.Nc1cc(Cl)ccn1.Nc1cc(Oc2ccc([N+](=O)[O-])c(F)c2)ccn1.O=[N+]([O-])c1ccc(O)cc1F. The Morgan fingerprint density at radius 2 is 1.29 bits per heavy atom. The Balaban J connectivity index is 0.000000309. The number of aromatic hydroxyl groups is 1. The molecule has 12 nitrogen and oxygen atoms in total. The van der Waals surface area contributed by atoms with E-state index < -0.39 is 32.9 Å². The number of phenols is 1. The van der Waals surface area contributed by atoms with Crippen molar-refractivity contribution in [2.75, 3.05) is 11.5 Å². The van der Waals surface area contributed by atoms with Crippen molar-refractivity contribution < 1.29 is 28.5 Å². The zero-order chi connectivity index (χ0) is 27.5. The summed E-state index contributed by atoms with van der Waals surface area (Å²) in [6.45, 7) is 0. The zero-order valence-corrected chi connectivity index (χ0v) is 20.5. The van der Waals surface area contributed by atoms with E-state index in [4.69, 9.17) is 32.9 Å². The first-order chi connectivity index (χ1) is 17.5. The summed E-state index contributed by atoms with van der Waals surface area (Å²) in [6.07, 6.45) is 3.00. The lowest BCUT2D eigenvalue weighted by molar-refractivity contribution is -0.387. The van der Waals surface area contributed by atoms with E-state index >= 15 is 0 Å². The van der Waals surface area contributed by atoms with Crippen LogP contribution in [0.5, 0.6) is 17.2 Å².